The molecule has 0 unspecified atom stereocenters. The van der Waals surface area contributed by atoms with Crippen molar-refractivity contribution in [2.24, 2.45) is 7.05 Å². The average molecular weight is 285 g/mol. The zero-order valence-electron chi connectivity index (χ0n) is 10.8. The minimum atomic E-state index is -3.81. The number of anilines is 1. The van der Waals surface area contributed by atoms with Crippen LogP contribution >= 0.6 is 0 Å². The van der Waals surface area contributed by atoms with Gasteiger partial charge in [0, 0.05) is 13.2 Å². The molecule has 2 rings (SSSR count). The van der Waals surface area contributed by atoms with Crippen molar-refractivity contribution in [3.8, 4) is 0 Å². The van der Waals surface area contributed by atoms with E-state index in [1.165, 1.54) is 4.68 Å². The normalized spacial score (nSPS) is 11.8. The van der Waals surface area contributed by atoms with Gasteiger partial charge in [0.2, 0.25) is 0 Å². The van der Waals surface area contributed by atoms with Crippen molar-refractivity contribution in [1.82, 2.24) is 20.0 Å². The molecular formula is C10H15N5O3S. The topological polar surface area (TPSA) is 113 Å². The maximum atomic E-state index is 12.3. The molecule has 0 amide bonds. The van der Waals surface area contributed by atoms with Crippen LogP contribution in [0.25, 0.3) is 0 Å². The van der Waals surface area contributed by atoms with Gasteiger partial charge in [0.15, 0.2) is 0 Å². The zero-order valence-corrected chi connectivity index (χ0v) is 11.6. The van der Waals surface area contributed by atoms with Gasteiger partial charge in [-0.2, -0.15) is 10.2 Å². The Morgan fingerprint density at radius 2 is 2.16 bits per heavy atom. The second-order valence-electron chi connectivity index (χ2n) is 4.19. The van der Waals surface area contributed by atoms with E-state index in [2.05, 4.69) is 20.0 Å². The highest BCUT2D eigenvalue weighted by Crippen LogP contribution is 2.22. The predicted molar refractivity (Wildman–Crippen MR) is 68.0 cm³/mol. The van der Waals surface area contributed by atoms with E-state index in [1.807, 2.05) is 0 Å². The molecule has 0 aliphatic carbocycles. The van der Waals surface area contributed by atoms with Gasteiger partial charge in [-0.15, -0.1) is 0 Å². The Balaban J connectivity index is 2.43. The third kappa shape index (κ3) is 2.47. The Morgan fingerprint density at radius 3 is 2.68 bits per heavy atom. The van der Waals surface area contributed by atoms with Gasteiger partial charge in [-0.25, -0.2) is 8.42 Å². The molecule has 104 valence electrons. The third-order valence-electron chi connectivity index (χ3n) is 2.64. The molecule has 8 nitrogen and oxygen atoms in total. The summed E-state index contributed by atoms with van der Waals surface area (Å²) in [6, 6.07) is 0. The molecule has 0 aromatic carbocycles. The molecule has 0 radical (unpaired) electrons. The molecule has 0 saturated carbocycles. The molecule has 0 atom stereocenters. The minimum absolute atomic E-state index is 0.0294. The van der Waals surface area contributed by atoms with Crippen molar-refractivity contribution in [3.63, 3.8) is 0 Å². The number of nitrogens with one attached hydrogen (secondary N) is 2. The summed E-state index contributed by atoms with van der Waals surface area (Å²) in [5, 5.41) is 19.5. The SMILES string of the molecule is Cc1nn(C)cc1NS(=O)(=O)c1c(CO)n[nH]c1C. The van der Waals surface area contributed by atoms with Crippen LogP contribution in [-0.4, -0.2) is 33.5 Å². The maximum Gasteiger partial charge on any atom is 0.265 e. The zero-order chi connectivity index (χ0) is 14.2. The van der Waals surface area contributed by atoms with E-state index in [4.69, 9.17) is 5.11 Å². The second kappa shape index (κ2) is 4.67. The molecule has 2 heterocycles. The van der Waals surface area contributed by atoms with Gasteiger partial charge in [-0.05, 0) is 13.8 Å². The van der Waals surface area contributed by atoms with E-state index in [1.54, 1.807) is 27.1 Å². The number of H-pyrrole nitrogens is 1. The van der Waals surface area contributed by atoms with Crippen molar-refractivity contribution < 1.29 is 13.5 Å². The largest absolute Gasteiger partial charge is 0.390 e. The lowest BCUT2D eigenvalue weighted by Gasteiger charge is -2.07. The fourth-order valence-electron chi connectivity index (χ4n) is 1.83. The fourth-order valence-corrected chi connectivity index (χ4v) is 3.29. The van der Waals surface area contributed by atoms with Gasteiger partial charge in [0.05, 0.1) is 23.7 Å². The number of aromatic amines is 1. The number of aryl methyl sites for hydroxylation is 3. The lowest BCUT2D eigenvalue weighted by molar-refractivity contribution is 0.273. The molecule has 3 N–H and O–H groups in total. The van der Waals surface area contributed by atoms with Crippen LogP contribution in [-0.2, 0) is 23.7 Å². The summed E-state index contributed by atoms with van der Waals surface area (Å²) in [7, 11) is -2.11. The Hall–Kier alpha value is -1.87. The number of aromatic nitrogens is 4. The molecule has 0 bridgehead atoms. The summed E-state index contributed by atoms with van der Waals surface area (Å²) in [4.78, 5) is -0.0294. The van der Waals surface area contributed by atoms with Gasteiger partial charge in [-0.1, -0.05) is 0 Å². The van der Waals surface area contributed by atoms with E-state index < -0.39 is 16.6 Å². The Bertz CT molecular complexity index is 701. The number of aliphatic hydroxyl groups excluding tert-OH is 1. The lowest BCUT2D eigenvalue weighted by atomic mass is 10.4. The van der Waals surface area contributed by atoms with Crippen LogP contribution in [0.3, 0.4) is 0 Å². The van der Waals surface area contributed by atoms with Crippen LogP contribution in [0.5, 0.6) is 0 Å². The molecule has 19 heavy (non-hydrogen) atoms. The molecule has 0 saturated heterocycles. The number of sulfonamides is 1. The summed E-state index contributed by atoms with van der Waals surface area (Å²) >= 11 is 0. The van der Waals surface area contributed by atoms with Crippen molar-refractivity contribution >= 4 is 15.7 Å². The Morgan fingerprint density at radius 1 is 1.47 bits per heavy atom. The highest BCUT2D eigenvalue weighted by atomic mass is 32.2. The fraction of sp³-hybridized carbons (Fsp3) is 0.400. The highest BCUT2D eigenvalue weighted by molar-refractivity contribution is 7.92. The van der Waals surface area contributed by atoms with Gasteiger partial charge in [-0.3, -0.25) is 14.5 Å². The number of aliphatic hydroxyl groups is 1. The first-order valence-electron chi connectivity index (χ1n) is 5.53. The summed E-state index contributed by atoms with van der Waals surface area (Å²) < 4.78 is 28.6. The smallest absolute Gasteiger partial charge is 0.265 e. The van der Waals surface area contributed by atoms with Crippen molar-refractivity contribution in [3.05, 3.63) is 23.3 Å². The van der Waals surface area contributed by atoms with Crippen LogP contribution in [0.2, 0.25) is 0 Å². The van der Waals surface area contributed by atoms with Gasteiger partial charge in [0.25, 0.3) is 10.0 Å². The van der Waals surface area contributed by atoms with E-state index in [0.717, 1.165) is 0 Å². The Labute approximate surface area is 110 Å². The molecule has 0 fully saturated rings. The lowest BCUT2D eigenvalue weighted by Crippen LogP contribution is -2.15. The number of nitrogens with zero attached hydrogens (tertiary/aromatic N) is 3. The van der Waals surface area contributed by atoms with Gasteiger partial charge < -0.3 is 5.11 Å². The van der Waals surface area contributed by atoms with Crippen molar-refractivity contribution in [2.75, 3.05) is 4.72 Å². The highest BCUT2D eigenvalue weighted by Gasteiger charge is 2.25. The maximum absolute atomic E-state index is 12.3. The van der Waals surface area contributed by atoms with Crippen LogP contribution < -0.4 is 4.72 Å². The van der Waals surface area contributed by atoms with Crippen LogP contribution in [0.15, 0.2) is 11.1 Å². The minimum Gasteiger partial charge on any atom is -0.390 e. The molecule has 2 aromatic rings. The Kier molecular flexibility index (Phi) is 3.33. The monoisotopic (exact) mass is 285 g/mol. The molecular weight excluding hydrogens is 270 g/mol. The van der Waals surface area contributed by atoms with Crippen LogP contribution in [0, 0.1) is 13.8 Å². The number of hydrogen-bond donors (Lipinski definition) is 3. The van der Waals surface area contributed by atoms with Crippen LogP contribution in [0.4, 0.5) is 5.69 Å². The molecule has 9 heteroatoms. The molecule has 0 spiro atoms. The van der Waals surface area contributed by atoms with Crippen molar-refractivity contribution in [1.29, 1.82) is 0 Å². The summed E-state index contributed by atoms with van der Waals surface area (Å²) in [6.45, 7) is 2.83. The molecule has 2 aromatic heterocycles. The molecule has 0 aliphatic rings. The first-order valence-corrected chi connectivity index (χ1v) is 7.01. The average Bonchev–Trinajstić information content (AvgIpc) is 2.82. The van der Waals surface area contributed by atoms with Crippen molar-refractivity contribution in [2.45, 2.75) is 25.3 Å². The van der Waals surface area contributed by atoms with E-state index in [9.17, 15) is 8.42 Å². The number of rotatable bonds is 4. The van der Waals surface area contributed by atoms with Gasteiger partial charge >= 0.3 is 0 Å². The standard InChI is InChI=1S/C10H15N5O3S/c1-6-8(4-15(3)13-6)14-19(17,18)10-7(2)11-12-9(10)5-16/h4,14,16H,5H2,1-3H3,(H,11,12). The summed E-state index contributed by atoms with van der Waals surface area (Å²) in [5.41, 5.74) is 1.43. The van der Waals surface area contributed by atoms with E-state index >= 15 is 0 Å². The van der Waals surface area contributed by atoms with E-state index in [-0.39, 0.29) is 10.6 Å². The first kappa shape index (κ1) is 13.6. The quantitative estimate of drug-likeness (QED) is 0.735. The third-order valence-corrected chi connectivity index (χ3v) is 4.21. The number of hydrogen-bond acceptors (Lipinski definition) is 5. The van der Waals surface area contributed by atoms with Gasteiger partial charge in [0.1, 0.15) is 10.6 Å². The predicted octanol–water partition coefficient (Wildman–Crippen LogP) is 0.0531. The van der Waals surface area contributed by atoms with Crippen LogP contribution in [0.1, 0.15) is 17.1 Å². The van der Waals surface area contributed by atoms with E-state index in [0.29, 0.717) is 17.1 Å². The molecule has 0 aliphatic heterocycles. The second-order valence-corrected chi connectivity index (χ2v) is 5.81. The first-order chi connectivity index (χ1) is 8.85. The summed E-state index contributed by atoms with van der Waals surface area (Å²) in [5.74, 6) is 0. The summed E-state index contributed by atoms with van der Waals surface area (Å²) in [6.07, 6.45) is 1.57.